The molecule has 0 unspecified atom stereocenters. The van der Waals surface area contributed by atoms with E-state index in [1.54, 1.807) is 0 Å². The molecule has 8 heterocycles. The number of furan rings is 2. The van der Waals surface area contributed by atoms with Gasteiger partial charge in [-0.05, 0) is 261 Å². The molecule has 1 N–H and O–H groups in total. The highest BCUT2D eigenvalue weighted by Crippen LogP contribution is 2.52. The van der Waals surface area contributed by atoms with Crippen molar-refractivity contribution < 1.29 is 23.0 Å². The normalized spacial score (nSPS) is 13.7. The van der Waals surface area contributed by atoms with E-state index in [2.05, 4.69) is 280 Å². The summed E-state index contributed by atoms with van der Waals surface area (Å²) in [5, 5.41) is 6.13. The van der Waals surface area contributed by atoms with Gasteiger partial charge in [0.2, 0.25) is 0 Å². The number of nitrogens with one attached hydrogen (secondary N) is 1. The summed E-state index contributed by atoms with van der Waals surface area (Å²) in [7, 11) is 0. The van der Waals surface area contributed by atoms with Crippen molar-refractivity contribution in [3.63, 3.8) is 0 Å². The van der Waals surface area contributed by atoms with Gasteiger partial charge in [0.15, 0.2) is 5.75 Å². The summed E-state index contributed by atoms with van der Waals surface area (Å²) in [5.41, 5.74) is 40.6. The lowest BCUT2D eigenvalue weighted by Gasteiger charge is -2.42. The van der Waals surface area contributed by atoms with Gasteiger partial charge in [0.05, 0.1) is 22.4 Å². The lowest BCUT2D eigenvalue weighted by molar-refractivity contribution is 0.465. The molecular formula is C88H68B3N3O5. The van der Waals surface area contributed by atoms with Crippen LogP contribution in [-0.2, 0) is 0 Å². The summed E-state index contributed by atoms with van der Waals surface area (Å²) < 4.78 is 37.4. The van der Waals surface area contributed by atoms with Crippen LogP contribution in [0, 0.1) is 83.1 Å². The molecule has 0 aliphatic carbocycles. The Bertz CT molecular complexity index is 5930. The van der Waals surface area contributed by atoms with Gasteiger partial charge in [-0.15, -0.1) is 0 Å². The van der Waals surface area contributed by atoms with Crippen molar-refractivity contribution in [2.45, 2.75) is 83.1 Å². The van der Waals surface area contributed by atoms with Gasteiger partial charge in [-0.25, -0.2) is 0 Å². The van der Waals surface area contributed by atoms with Gasteiger partial charge < -0.3 is 38.2 Å². The van der Waals surface area contributed by atoms with Crippen LogP contribution in [0.15, 0.2) is 197 Å². The number of fused-ring (bicyclic) bond motifs is 16. The van der Waals surface area contributed by atoms with E-state index in [4.69, 9.17) is 23.0 Å². The molecule has 0 radical (unpaired) electrons. The van der Waals surface area contributed by atoms with Crippen LogP contribution in [0.1, 0.15) is 66.8 Å². The second-order valence-corrected chi connectivity index (χ2v) is 29.1. The number of hydrogen-bond acceptors (Lipinski definition) is 8. The molecule has 20 rings (SSSR count). The maximum Gasteiger partial charge on any atom is 0.301 e. The van der Waals surface area contributed by atoms with E-state index in [-0.39, 0.29) is 20.1 Å². The lowest BCUT2D eigenvalue weighted by Crippen LogP contribution is -2.64. The van der Waals surface area contributed by atoms with E-state index >= 15 is 0 Å². The highest BCUT2D eigenvalue weighted by atomic mass is 16.5. The summed E-state index contributed by atoms with van der Waals surface area (Å²) in [6.07, 6.45) is 0. The van der Waals surface area contributed by atoms with Crippen LogP contribution in [0.2, 0.25) is 0 Å². The molecule has 0 amide bonds. The van der Waals surface area contributed by atoms with E-state index in [1.165, 1.54) is 83.5 Å². The molecule has 0 bridgehead atoms. The topological polar surface area (TPSA) is 72.5 Å². The van der Waals surface area contributed by atoms with E-state index in [0.29, 0.717) is 0 Å². The number of aryl methyl sites for hydroxylation is 12. The van der Waals surface area contributed by atoms with E-state index < -0.39 is 0 Å². The van der Waals surface area contributed by atoms with Gasteiger partial charge in [-0.3, -0.25) is 0 Å². The average molecular weight is 1280 g/mol. The summed E-state index contributed by atoms with van der Waals surface area (Å²) in [6.45, 7) is 25.6. The minimum atomic E-state index is -0.376. The lowest BCUT2D eigenvalue weighted by atomic mass is 9.30. The molecule has 6 aliphatic heterocycles. The fourth-order valence-corrected chi connectivity index (χ4v) is 18.9. The van der Waals surface area contributed by atoms with Crippen LogP contribution in [0.3, 0.4) is 0 Å². The fraction of sp³-hybridized carbons (Fsp3) is 0.136. The highest BCUT2D eigenvalue weighted by molar-refractivity contribution is 7.03. The molecule has 11 heteroatoms. The van der Waals surface area contributed by atoms with Gasteiger partial charge in [-0.1, -0.05) is 125 Å². The van der Waals surface area contributed by atoms with Gasteiger partial charge >= 0.3 is 6.71 Å². The Morgan fingerprint density at radius 3 is 1.37 bits per heavy atom. The zero-order valence-electron chi connectivity index (χ0n) is 57.6. The molecule has 0 saturated heterocycles. The third kappa shape index (κ3) is 8.25. The smallest absolute Gasteiger partial charge is 0.301 e. The quantitative estimate of drug-likeness (QED) is 0.171. The van der Waals surface area contributed by atoms with Crippen molar-refractivity contribution in [3.05, 3.63) is 255 Å². The summed E-state index contributed by atoms with van der Waals surface area (Å²) >= 11 is 0. The molecule has 2 aromatic heterocycles. The first-order valence-corrected chi connectivity index (χ1v) is 34.7. The predicted molar refractivity (Wildman–Crippen MR) is 412 cm³/mol. The number of benzene rings is 12. The van der Waals surface area contributed by atoms with Crippen molar-refractivity contribution in [1.29, 1.82) is 0 Å². The molecule has 0 saturated carbocycles. The van der Waals surface area contributed by atoms with E-state index in [0.717, 1.165) is 168 Å². The zero-order valence-corrected chi connectivity index (χ0v) is 57.6. The number of anilines is 8. The minimum Gasteiger partial charge on any atom is -0.468 e. The monoisotopic (exact) mass is 1280 g/mol. The average Bonchev–Trinajstić information content (AvgIpc) is 1.67. The predicted octanol–water partition coefficient (Wildman–Crippen LogP) is 17.4. The number of nitrogens with zero attached hydrogens (tertiary/aromatic N) is 2. The van der Waals surface area contributed by atoms with Crippen LogP contribution in [-0.4, -0.2) is 20.1 Å². The molecule has 0 fully saturated rings. The van der Waals surface area contributed by atoms with E-state index in [9.17, 15) is 0 Å². The fourth-order valence-electron chi connectivity index (χ4n) is 18.9. The Morgan fingerprint density at radius 2 is 0.778 bits per heavy atom. The SMILES string of the molecule is Cc1cc(C)c(-c2cc3c4c(c2)Oc2cc5c(cc2B4c2cc4c(cc2O3)Nc2cc(-c3c(C)cc(C)cc3C)cc3c2B4c2oc4ccccc4c2N3c2ccccc2)B2c3oc4ccccc4c3Oc3cc(-c4c(C)cc(C)cc4C)cc(c32)N5c2c(C)cc(C)cc2C)c(C)c1. The second-order valence-electron chi connectivity index (χ2n) is 29.1. The minimum absolute atomic E-state index is 0.317. The van der Waals surface area contributed by atoms with E-state index in [1.807, 2.05) is 6.07 Å². The van der Waals surface area contributed by atoms with Crippen LogP contribution in [0.25, 0.3) is 55.3 Å². The van der Waals surface area contributed by atoms with Crippen LogP contribution in [0.5, 0.6) is 34.5 Å². The molecule has 0 atom stereocenters. The Labute approximate surface area is 577 Å². The van der Waals surface area contributed by atoms with Gasteiger partial charge in [0.25, 0.3) is 13.4 Å². The summed E-state index contributed by atoms with van der Waals surface area (Å²) in [5.74, 6) is 4.66. The molecule has 0 spiro atoms. The van der Waals surface area contributed by atoms with Crippen LogP contribution >= 0.6 is 0 Å². The Morgan fingerprint density at radius 1 is 0.313 bits per heavy atom. The first-order valence-electron chi connectivity index (χ1n) is 34.7. The number of ether oxygens (including phenoxy) is 3. The molecule has 12 aromatic carbocycles. The van der Waals surface area contributed by atoms with Gasteiger partial charge in [0, 0.05) is 62.6 Å². The number of rotatable bonds is 5. The third-order valence-electron chi connectivity index (χ3n) is 22.2. The summed E-state index contributed by atoms with van der Waals surface area (Å²) in [6, 6.07) is 69.6. The summed E-state index contributed by atoms with van der Waals surface area (Å²) in [4.78, 5) is 4.97. The zero-order chi connectivity index (χ0) is 67.0. The van der Waals surface area contributed by atoms with Crippen LogP contribution in [0.4, 0.5) is 45.5 Å². The highest BCUT2D eigenvalue weighted by Gasteiger charge is 2.51. The standard InChI is InChI=1S/C88H68B3N3O5/c1-44-26-48(5)78(49(6)27-44)56-34-67-81-69(35-56)93(59-20-14-13-15-21-59)85-60-22-16-18-24-71(60)98-87(85)90(81)62-40-64-73(42-66(62)92-67)95-76-38-58(80-52(9)30-46(3)31-53(80)10)39-77-83(76)89(64)65-41-63-68(43-74(65)96-77)94(84-54(11)32-47(4)33-55(84)12)70-36-57(79-50(7)28-45(2)29-51(79)8)37-75-82(70)91(63)88-86(97-75)61-23-17-19-25-72(61)99-88/h13-43,92H,1-12H3. The van der Waals surface area contributed by atoms with Crippen molar-refractivity contribution in [2.75, 3.05) is 15.1 Å². The molecule has 6 aliphatic rings. The number of para-hydroxylation sites is 3. The van der Waals surface area contributed by atoms with Crippen molar-refractivity contribution in [3.8, 4) is 67.9 Å². The molecule has 14 aromatic rings. The Kier molecular flexibility index (Phi) is 12.1. The largest absolute Gasteiger partial charge is 0.468 e. The van der Waals surface area contributed by atoms with Gasteiger partial charge in [-0.2, -0.15) is 0 Å². The Balaban J connectivity index is 0.866. The van der Waals surface area contributed by atoms with Crippen LogP contribution < -0.4 is 78.9 Å². The van der Waals surface area contributed by atoms with Crippen molar-refractivity contribution in [1.82, 2.24) is 0 Å². The first kappa shape index (κ1) is 57.9. The first-order chi connectivity index (χ1) is 48.0. The second kappa shape index (κ2) is 20.6. The third-order valence-corrected chi connectivity index (χ3v) is 22.2. The molecule has 474 valence electrons. The number of hydrogen-bond donors (Lipinski definition) is 1. The molecule has 8 nitrogen and oxygen atoms in total. The molecular weight excluding hydrogens is 1210 g/mol. The maximum absolute atomic E-state index is 7.73. The Hall–Kier alpha value is -11.3. The van der Waals surface area contributed by atoms with Crippen molar-refractivity contribution in [2.24, 2.45) is 0 Å². The van der Waals surface area contributed by atoms with Gasteiger partial charge in [0.1, 0.15) is 45.6 Å². The van der Waals surface area contributed by atoms with Crippen molar-refractivity contribution >= 4 is 137 Å². The maximum atomic E-state index is 7.73. The molecule has 99 heavy (non-hydrogen) atoms.